The Bertz CT molecular complexity index is 716. The van der Waals surface area contributed by atoms with E-state index in [2.05, 4.69) is 10.3 Å². The summed E-state index contributed by atoms with van der Waals surface area (Å²) in [4.78, 5) is 27.6. The van der Waals surface area contributed by atoms with Gasteiger partial charge in [0, 0.05) is 18.1 Å². The number of anilines is 1. The molecule has 0 spiro atoms. The number of hydrogen-bond donors (Lipinski definition) is 1. The predicted molar refractivity (Wildman–Crippen MR) is 87.8 cm³/mol. The summed E-state index contributed by atoms with van der Waals surface area (Å²) in [7, 11) is 0. The quantitative estimate of drug-likeness (QED) is 0.673. The second-order valence-electron chi connectivity index (χ2n) is 5.53. The highest BCUT2D eigenvalue weighted by atomic mass is 16.5. The lowest BCUT2D eigenvalue weighted by molar-refractivity contribution is -0.135. The van der Waals surface area contributed by atoms with Gasteiger partial charge in [0.05, 0.1) is 12.5 Å². The first-order chi connectivity index (χ1) is 11.7. The molecule has 1 amide bonds. The average molecular weight is 326 g/mol. The van der Waals surface area contributed by atoms with Crippen molar-refractivity contribution in [2.75, 3.05) is 11.9 Å². The molecule has 1 aromatic heterocycles. The summed E-state index contributed by atoms with van der Waals surface area (Å²) < 4.78 is 10.2. The van der Waals surface area contributed by atoms with Crippen molar-refractivity contribution in [2.24, 2.45) is 5.92 Å². The Hall–Kier alpha value is -2.89. The van der Waals surface area contributed by atoms with E-state index in [1.807, 2.05) is 12.1 Å². The van der Waals surface area contributed by atoms with Crippen LogP contribution < -0.4 is 10.1 Å². The van der Waals surface area contributed by atoms with Gasteiger partial charge in [-0.15, -0.1) is 0 Å². The van der Waals surface area contributed by atoms with Gasteiger partial charge in [-0.05, 0) is 55.2 Å². The number of ether oxygens (including phenoxy) is 2. The highest BCUT2D eigenvalue weighted by Gasteiger charge is 2.45. The molecule has 24 heavy (non-hydrogen) atoms. The molecule has 0 bridgehead atoms. The molecule has 124 valence electrons. The number of aromatic nitrogens is 1. The van der Waals surface area contributed by atoms with Crippen molar-refractivity contribution in [2.45, 2.75) is 19.3 Å². The number of hydrogen-bond acceptors (Lipinski definition) is 5. The lowest BCUT2D eigenvalue weighted by Gasteiger charge is -2.07. The molecule has 2 aromatic rings. The van der Waals surface area contributed by atoms with Crippen LogP contribution >= 0.6 is 0 Å². The summed E-state index contributed by atoms with van der Waals surface area (Å²) in [6, 6.07) is 10.4. The van der Waals surface area contributed by atoms with Gasteiger partial charge in [0.2, 0.25) is 0 Å². The molecular weight excluding hydrogens is 308 g/mol. The average Bonchev–Trinajstić information content (AvgIpc) is 3.38. The molecule has 1 aromatic carbocycles. The van der Waals surface area contributed by atoms with Crippen molar-refractivity contribution < 1.29 is 19.1 Å². The minimum Gasteiger partial charge on any atom is -0.450 e. The van der Waals surface area contributed by atoms with Crippen molar-refractivity contribution in [3.05, 3.63) is 54.4 Å². The van der Waals surface area contributed by atoms with Gasteiger partial charge in [-0.3, -0.25) is 15.1 Å². The van der Waals surface area contributed by atoms with Crippen LogP contribution in [0.4, 0.5) is 10.5 Å². The van der Waals surface area contributed by atoms with Crippen molar-refractivity contribution in [1.82, 2.24) is 4.98 Å². The molecule has 1 fully saturated rings. The van der Waals surface area contributed by atoms with Crippen molar-refractivity contribution in [3.8, 4) is 5.75 Å². The molecule has 2 unspecified atom stereocenters. The number of nitrogens with one attached hydrogen (secondary N) is 1. The third-order valence-electron chi connectivity index (χ3n) is 3.80. The summed E-state index contributed by atoms with van der Waals surface area (Å²) in [6.45, 7) is 2.04. The van der Waals surface area contributed by atoms with Gasteiger partial charge < -0.3 is 9.47 Å². The van der Waals surface area contributed by atoms with Gasteiger partial charge in [-0.1, -0.05) is 6.07 Å². The van der Waals surface area contributed by atoms with E-state index in [-0.39, 0.29) is 17.8 Å². The van der Waals surface area contributed by atoms with Gasteiger partial charge in [0.15, 0.2) is 0 Å². The molecule has 6 heteroatoms. The zero-order chi connectivity index (χ0) is 16.9. The van der Waals surface area contributed by atoms with Crippen molar-refractivity contribution in [1.29, 1.82) is 0 Å². The molecule has 2 atom stereocenters. The maximum absolute atomic E-state index is 12.2. The fraction of sp³-hybridized carbons (Fsp3) is 0.278. The Morgan fingerprint density at radius 3 is 2.71 bits per heavy atom. The van der Waals surface area contributed by atoms with E-state index < -0.39 is 6.09 Å². The molecule has 3 rings (SSSR count). The maximum atomic E-state index is 12.2. The predicted octanol–water partition coefficient (Wildman–Crippen LogP) is 3.36. The van der Waals surface area contributed by atoms with E-state index in [1.165, 1.54) is 0 Å². The summed E-state index contributed by atoms with van der Waals surface area (Å²) in [5.74, 6) is 0.281. The molecule has 0 saturated heterocycles. The van der Waals surface area contributed by atoms with Crippen LogP contribution in [0, 0.1) is 5.92 Å². The third kappa shape index (κ3) is 3.90. The maximum Gasteiger partial charge on any atom is 0.411 e. The molecule has 1 saturated carbocycles. The van der Waals surface area contributed by atoms with Crippen LogP contribution in [0.2, 0.25) is 0 Å². The first-order valence-corrected chi connectivity index (χ1v) is 7.83. The highest BCUT2D eigenvalue weighted by Crippen LogP contribution is 2.47. The molecular formula is C18H18N2O4. The second kappa shape index (κ2) is 7.12. The van der Waals surface area contributed by atoms with Gasteiger partial charge in [0.25, 0.3) is 0 Å². The molecule has 6 nitrogen and oxygen atoms in total. The zero-order valence-corrected chi connectivity index (χ0v) is 13.3. The monoisotopic (exact) mass is 326 g/mol. The van der Waals surface area contributed by atoms with Crippen LogP contribution in [0.3, 0.4) is 0 Å². The zero-order valence-electron chi connectivity index (χ0n) is 13.3. The summed E-state index contributed by atoms with van der Waals surface area (Å²) >= 11 is 0. The largest absolute Gasteiger partial charge is 0.450 e. The van der Waals surface area contributed by atoms with Crippen LogP contribution in [0.5, 0.6) is 5.75 Å². The number of carbonyl (C=O) groups is 2. The topological polar surface area (TPSA) is 77.5 Å². The number of rotatable bonds is 5. The fourth-order valence-corrected chi connectivity index (χ4v) is 2.50. The minimum atomic E-state index is -0.514. The van der Waals surface area contributed by atoms with Gasteiger partial charge in [-0.25, -0.2) is 4.79 Å². The Balaban J connectivity index is 1.53. The Labute approximate surface area is 139 Å². The van der Waals surface area contributed by atoms with Gasteiger partial charge >= 0.3 is 12.1 Å². The van der Waals surface area contributed by atoms with Crippen LogP contribution in [0.25, 0.3) is 0 Å². The van der Waals surface area contributed by atoms with Crippen LogP contribution in [0.1, 0.15) is 24.8 Å². The number of esters is 1. The summed E-state index contributed by atoms with van der Waals surface area (Å²) in [5.41, 5.74) is 1.64. The van der Waals surface area contributed by atoms with E-state index in [0.717, 1.165) is 12.0 Å². The normalized spacial score (nSPS) is 18.5. The number of nitrogens with zero attached hydrogens (tertiary/aromatic N) is 1. The molecule has 0 aliphatic heterocycles. The smallest absolute Gasteiger partial charge is 0.411 e. The van der Waals surface area contributed by atoms with Gasteiger partial charge in [0.1, 0.15) is 5.75 Å². The molecule has 1 aliphatic carbocycles. The highest BCUT2D eigenvalue weighted by molar-refractivity contribution is 5.85. The van der Waals surface area contributed by atoms with E-state index in [4.69, 9.17) is 9.47 Å². The number of pyridine rings is 1. The van der Waals surface area contributed by atoms with Crippen molar-refractivity contribution in [3.63, 3.8) is 0 Å². The third-order valence-corrected chi connectivity index (χ3v) is 3.80. The summed E-state index contributed by atoms with van der Waals surface area (Å²) in [6.07, 6.45) is 3.77. The molecule has 1 N–H and O–H groups in total. The van der Waals surface area contributed by atoms with E-state index >= 15 is 0 Å². The SMILES string of the molecule is CCOC(=O)Nc1ccc(OC(=O)C2CC2c2cccnc2)cc1. The number of amides is 1. The molecule has 0 radical (unpaired) electrons. The first-order valence-electron chi connectivity index (χ1n) is 7.83. The molecule has 1 aliphatic rings. The lowest BCUT2D eigenvalue weighted by atomic mass is 10.1. The van der Waals surface area contributed by atoms with Gasteiger partial charge in [-0.2, -0.15) is 0 Å². The first kappa shape index (κ1) is 16.0. The van der Waals surface area contributed by atoms with E-state index in [0.29, 0.717) is 18.0 Å². The van der Waals surface area contributed by atoms with Crippen LogP contribution in [-0.4, -0.2) is 23.7 Å². The van der Waals surface area contributed by atoms with Crippen molar-refractivity contribution >= 4 is 17.7 Å². The number of benzene rings is 1. The Morgan fingerprint density at radius 1 is 1.25 bits per heavy atom. The summed E-state index contributed by atoms with van der Waals surface area (Å²) in [5, 5.41) is 2.58. The standard InChI is InChI=1S/C18H18N2O4/c1-2-23-18(22)20-13-5-7-14(8-6-13)24-17(21)16-10-15(16)12-4-3-9-19-11-12/h3-9,11,15-16H,2,10H2,1H3,(H,20,22). The van der Waals surface area contributed by atoms with E-state index in [1.54, 1.807) is 43.6 Å². The molecule has 1 heterocycles. The van der Waals surface area contributed by atoms with E-state index in [9.17, 15) is 9.59 Å². The number of carbonyl (C=O) groups excluding carboxylic acids is 2. The lowest BCUT2D eigenvalue weighted by Crippen LogP contribution is -2.13. The Morgan fingerprint density at radius 2 is 2.04 bits per heavy atom. The fourth-order valence-electron chi connectivity index (χ4n) is 2.50. The Kier molecular flexibility index (Phi) is 4.74. The van der Waals surface area contributed by atoms with Crippen LogP contribution in [-0.2, 0) is 9.53 Å². The minimum absolute atomic E-state index is 0.119. The second-order valence-corrected chi connectivity index (χ2v) is 5.53. The van der Waals surface area contributed by atoms with Crippen LogP contribution in [0.15, 0.2) is 48.8 Å².